The number of fused-ring (bicyclic) bond motifs is 1. The second kappa shape index (κ2) is 4.94. The van der Waals surface area contributed by atoms with Gasteiger partial charge in [-0.2, -0.15) is 0 Å². The van der Waals surface area contributed by atoms with Crippen LogP contribution in [0.1, 0.15) is 37.8 Å². The average Bonchev–Trinajstić information content (AvgIpc) is 2.86. The standard InChI is InChI=1S/C15H20N2O2/c1-10-6-7-14(19-10)15(18)17-9-8-12(16)11-4-2-3-5-13(11)17/h2-5,10,12,14H,6-9,16H2,1H3. The Morgan fingerprint density at radius 3 is 2.84 bits per heavy atom. The van der Waals surface area contributed by atoms with Crippen molar-refractivity contribution in [2.45, 2.75) is 44.4 Å². The molecule has 1 amide bonds. The van der Waals surface area contributed by atoms with E-state index in [0.29, 0.717) is 6.54 Å². The molecule has 0 aromatic heterocycles. The lowest BCUT2D eigenvalue weighted by atomic mass is 9.96. The summed E-state index contributed by atoms with van der Waals surface area (Å²) in [6.07, 6.45) is 2.51. The third kappa shape index (κ3) is 2.26. The van der Waals surface area contributed by atoms with Crippen molar-refractivity contribution in [2.75, 3.05) is 11.4 Å². The smallest absolute Gasteiger partial charge is 0.256 e. The molecule has 1 aromatic carbocycles. The number of nitrogens with two attached hydrogens (primary N) is 1. The van der Waals surface area contributed by atoms with Crippen LogP contribution in [-0.4, -0.2) is 24.7 Å². The van der Waals surface area contributed by atoms with Crippen LogP contribution in [0.5, 0.6) is 0 Å². The molecule has 2 aliphatic rings. The van der Waals surface area contributed by atoms with Gasteiger partial charge in [-0.05, 0) is 37.8 Å². The molecule has 1 fully saturated rings. The number of carbonyl (C=O) groups excluding carboxylic acids is 1. The maximum absolute atomic E-state index is 12.6. The van der Waals surface area contributed by atoms with Gasteiger partial charge in [0, 0.05) is 18.3 Å². The second-order valence-corrected chi connectivity index (χ2v) is 5.46. The molecule has 2 heterocycles. The maximum Gasteiger partial charge on any atom is 0.256 e. The van der Waals surface area contributed by atoms with Crippen LogP contribution >= 0.6 is 0 Å². The fourth-order valence-electron chi connectivity index (χ4n) is 2.98. The van der Waals surface area contributed by atoms with Gasteiger partial charge in [0.15, 0.2) is 0 Å². The predicted molar refractivity (Wildman–Crippen MR) is 73.9 cm³/mol. The van der Waals surface area contributed by atoms with Crippen LogP contribution < -0.4 is 10.6 Å². The maximum atomic E-state index is 12.6. The summed E-state index contributed by atoms with van der Waals surface area (Å²) in [5.74, 6) is 0.0868. The van der Waals surface area contributed by atoms with Gasteiger partial charge in [0.05, 0.1) is 6.10 Å². The minimum Gasteiger partial charge on any atom is -0.365 e. The molecule has 4 nitrogen and oxygen atoms in total. The monoisotopic (exact) mass is 260 g/mol. The Kier molecular flexibility index (Phi) is 3.29. The molecule has 0 saturated carbocycles. The lowest BCUT2D eigenvalue weighted by molar-refractivity contribution is -0.129. The molecule has 2 aliphatic heterocycles. The fourth-order valence-corrected chi connectivity index (χ4v) is 2.98. The number of para-hydroxylation sites is 1. The van der Waals surface area contributed by atoms with Gasteiger partial charge in [0.1, 0.15) is 6.10 Å². The minimum atomic E-state index is -0.280. The summed E-state index contributed by atoms with van der Waals surface area (Å²) in [6.45, 7) is 2.71. The quantitative estimate of drug-likeness (QED) is 0.840. The highest BCUT2D eigenvalue weighted by molar-refractivity contribution is 5.97. The highest BCUT2D eigenvalue weighted by Crippen LogP contribution is 2.33. The average molecular weight is 260 g/mol. The largest absolute Gasteiger partial charge is 0.365 e. The van der Waals surface area contributed by atoms with E-state index in [1.165, 1.54) is 0 Å². The first-order valence-corrected chi connectivity index (χ1v) is 6.98. The van der Waals surface area contributed by atoms with Crippen LogP contribution in [0.2, 0.25) is 0 Å². The molecule has 102 valence electrons. The van der Waals surface area contributed by atoms with E-state index in [-0.39, 0.29) is 24.2 Å². The Labute approximate surface area is 113 Å². The molecule has 0 radical (unpaired) electrons. The lowest BCUT2D eigenvalue weighted by Crippen LogP contribution is -2.43. The Hall–Kier alpha value is -1.39. The molecular weight excluding hydrogens is 240 g/mol. The Bertz CT molecular complexity index is 489. The van der Waals surface area contributed by atoms with Gasteiger partial charge in [0.2, 0.25) is 0 Å². The number of ether oxygens (including phenoxy) is 1. The van der Waals surface area contributed by atoms with Crippen molar-refractivity contribution in [3.05, 3.63) is 29.8 Å². The number of carbonyl (C=O) groups is 1. The molecule has 3 rings (SSSR count). The van der Waals surface area contributed by atoms with E-state index in [1.807, 2.05) is 36.1 Å². The fraction of sp³-hybridized carbons (Fsp3) is 0.533. The summed E-state index contributed by atoms with van der Waals surface area (Å²) in [6, 6.07) is 7.95. The van der Waals surface area contributed by atoms with E-state index in [4.69, 9.17) is 10.5 Å². The van der Waals surface area contributed by atoms with Crippen molar-refractivity contribution >= 4 is 11.6 Å². The first-order valence-electron chi connectivity index (χ1n) is 6.98. The predicted octanol–water partition coefficient (Wildman–Crippen LogP) is 1.99. The Morgan fingerprint density at radius 1 is 1.32 bits per heavy atom. The molecule has 0 bridgehead atoms. The number of amides is 1. The number of anilines is 1. The van der Waals surface area contributed by atoms with Gasteiger partial charge >= 0.3 is 0 Å². The summed E-state index contributed by atoms with van der Waals surface area (Å²) in [7, 11) is 0. The normalized spacial score (nSPS) is 30.2. The van der Waals surface area contributed by atoms with E-state index in [2.05, 4.69) is 0 Å². The molecule has 3 atom stereocenters. The summed E-state index contributed by atoms with van der Waals surface area (Å²) < 4.78 is 5.70. The third-order valence-corrected chi connectivity index (χ3v) is 4.06. The highest BCUT2D eigenvalue weighted by Gasteiger charge is 2.35. The Morgan fingerprint density at radius 2 is 2.11 bits per heavy atom. The first-order chi connectivity index (χ1) is 9.16. The van der Waals surface area contributed by atoms with E-state index >= 15 is 0 Å². The molecule has 3 unspecified atom stereocenters. The van der Waals surface area contributed by atoms with Crippen LogP contribution in [0.4, 0.5) is 5.69 Å². The minimum absolute atomic E-state index is 0.0312. The zero-order valence-corrected chi connectivity index (χ0v) is 11.2. The van der Waals surface area contributed by atoms with Crippen LogP contribution in [0.15, 0.2) is 24.3 Å². The van der Waals surface area contributed by atoms with Gasteiger partial charge in [0.25, 0.3) is 5.91 Å². The number of hydrogen-bond acceptors (Lipinski definition) is 3. The van der Waals surface area contributed by atoms with E-state index in [0.717, 1.165) is 30.5 Å². The van der Waals surface area contributed by atoms with Crippen molar-refractivity contribution in [2.24, 2.45) is 5.73 Å². The van der Waals surface area contributed by atoms with E-state index < -0.39 is 0 Å². The van der Waals surface area contributed by atoms with Gasteiger partial charge in [-0.15, -0.1) is 0 Å². The summed E-state index contributed by atoms with van der Waals surface area (Å²) >= 11 is 0. The molecule has 2 N–H and O–H groups in total. The zero-order chi connectivity index (χ0) is 13.4. The van der Waals surface area contributed by atoms with Crippen LogP contribution in [-0.2, 0) is 9.53 Å². The summed E-state index contributed by atoms with van der Waals surface area (Å²) in [4.78, 5) is 14.4. The molecular formula is C15H20N2O2. The zero-order valence-electron chi connectivity index (χ0n) is 11.2. The van der Waals surface area contributed by atoms with Crippen molar-refractivity contribution in [1.29, 1.82) is 0 Å². The van der Waals surface area contributed by atoms with Gasteiger partial charge in [-0.25, -0.2) is 0 Å². The summed E-state index contributed by atoms with van der Waals surface area (Å²) in [5, 5.41) is 0. The number of benzene rings is 1. The van der Waals surface area contributed by atoms with Gasteiger partial charge in [-0.3, -0.25) is 4.79 Å². The van der Waals surface area contributed by atoms with Crippen molar-refractivity contribution in [1.82, 2.24) is 0 Å². The van der Waals surface area contributed by atoms with Crippen LogP contribution in [0, 0.1) is 0 Å². The first kappa shape index (κ1) is 12.6. The molecule has 0 aliphatic carbocycles. The summed E-state index contributed by atoms with van der Waals surface area (Å²) in [5.41, 5.74) is 8.13. The molecule has 4 heteroatoms. The van der Waals surface area contributed by atoms with Crippen molar-refractivity contribution in [3.63, 3.8) is 0 Å². The number of nitrogens with zero attached hydrogens (tertiary/aromatic N) is 1. The lowest BCUT2D eigenvalue weighted by Gasteiger charge is -2.34. The molecule has 0 spiro atoms. The number of hydrogen-bond donors (Lipinski definition) is 1. The van der Waals surface area contributed by atoms with Crippen LogP contribution in [0.3, 0.4) is 0 Å². The third-order valence-electron chi connectivity index (χ3n) is 4.06. The van der Waals surface area contributed by atoms with E-state index in [1.54, 1.807) is 0 Å². The van der Waals surface area contributed by atoms with E-state index in [9.17, 15) is 4.79 Å². The highest BCUT2D eigenvalue weighted by atomic mass is 16.5. The van der Waals surface area contributed by atoms with Gasteiger partial charge < -0.3 is 15.4 Å². The topological polar surface area (TPSA) is 55.6 Å². The van der Waals surface area contributed by atoms with Crippen LogP contribution in [0.25, 0.3) is 0 Å². The molecule has 19 heavy (non-hydrogen) atoms. The SMILES string of the molecule is CC1CCC(C(=O)N2CCC(N)c3ccccc32)O1. The Balaban J connectivity index is 1.86. The van der Waals surface area contributed by atoms with Crippen molar-refractivity contribution < 1.29 is 9.53 Å². The molecule has 1 saturated heterocycles. The van der Waals surface area contributed by atoms with Crippen molar-refractivity contribution in [3.8, 4) is 0 Å². The van der Waals surface area contributed by atoms with Gasteiger partial charge in [-0.1, -0.05) is 18.2 Å². The number of rotatable bonds is 1. The molecule has 1 aromatic rings. The second-order valence-electron chi connectivity index (χ2n) is 5.46.